The molecule has 6 nitrogen and oxygen atoms in total. The summed E-state index contributed by atoms with van der Waals surface area (Å²) in [6, 6.07) is 13.4. The highest BCUT2D eigenvalue weighted by molar-refractivity contribution is 7.92. The molecule has 2 aromatic carbocycles. The summed E-state index contributed by atoms with van der Waals surface area (Å²) >= 11 is 0. The van der Waals surface area contributed by atoms with Crippen molar-refractivity contribution in [3.63, 3.8) is 0 Å². The Kier molecular flexibility index (Phi) is 4.78. The number of aryl methyl sites for hydroxylation is 1. The van der Waals surface area contributed by atoms with E-state index in [1.807, 2.05) is 60.2 Å². The van der Waals surface area contributed by atoms with Gasteiger partial charge in [-0.1, -0.05) is 30.3 Å². The molecule has 0 atom stereocenters. The summed E-state index contributed by atoms with van der Waals surface area (Å²) in [6.45, 7) is 2.73. The van der Waals surface area contributed by atoms with Crippen LogP contribution in [0.25, 0.3) is 11.8 Å². The molecule has 0 saturated heterocycles. The highest BCUT2D eigenvalue weighted by Crippen LogP contribution is 2.27. The topological polar surface area (TPSA) is 64.4 Å². The first kappa shape index (κ1) is 18.5. The maximum atomic E-state index is 12.7. The highest BCUT2D eigenvalue weighted by atomic mass is 32.2. The van der Waals surface area contributed by atoms with Crippen molar-refractivity contribution in [3.8, 4) is 11.4 Å². The Balaban J connectivity index is 1.56. The lowest BCUT2D eigenvalue weighted by molar-refractivity contribution is 0.413. The number of sulfonamides is 1. The van der Waals surface area contributed by atoms with Gasteiger partial charge in [-0.15, -0.1) is 0 Å². The molecule has 0 spiro atoms. The number of methoxy groups -OCH3 is 1. The zero-order chi connectivity index (χ0) is 19.7. The number of imidazole rings is 1. The zero-order valence-corrected chi connectivity index (χ0v) is 16.6. The molecule has 0 bridgehead atoms. The van der Waals surface area contributed by atoms with Crippen molar-refractivity contribution in [1.29, 1.82) is 0 Å². The van der Waals surface area contributed by atoms with Crippen molar-refractivity contribution in [2.45, 2.75) is 20.0 Å². The predicted molar refractivity (Wildman–Crippen MR) is 108 cm³/mol. The first-order valence-corrected chi connectivity index (χ1v) is 10.4. The molecule has 1 aliphatic heterocycles. The Morgan fingerprint density at radius 2 is 1.82 bits per heavy atom. The van der Waals surface area contributed by atoms with Crippen LogP contribution in [-0.2, 0) is 23.1 Å². The molecule has 28 heavy (non-hydrogen) atoms. The van der Waals surface area contributed by atoms with Crippen molar-refractivity contribution in [1.82, 2.24) is 13.9 Å². The standard InChI is InChI=1S/C21H21N3O3S/c1-16-12-23(15-22-16)20-8-7-17(11-21(20)27-2)9-10-28(25,26)24-13-18-5-3-4-6-19(18)14-24/h3-12,15H,13-14H2,1-2H3. The Morgan fingerprint density at radius 1 is 1.11 bits per heavy atom. The SMILES string of the molecule is COc1cc(C=CS(=O)(=O)N2Cc3ccccc3C2)ccc1-n1cnc(C)c1. The van der Waals surface area contributed by atoms with E-state index in [2.05, 4.69) is 4.98 Å². The van der Waals surface area contributed by atoms with E-state index < -0.39 is 10.0 Å². The van der Waals surface area contributed by atoms with Crippen LogP contribution in [0.5, 0.6) is 5.75 Å². The normalized spacial score (nSPS) is 14.5. The maximum absolute atomic E-state index is 12.7. The highest BCUT2D eigenvalue weighted by Gasteiger charge is 2.26. The zero-order valence-electron chi connectivity index (χ0n) is 15.7. The van der Waals surface area contributed by atoms with E-state index >= 15 is 0 Å². The third-order valence-corrected chi connectivity index (χ3v) is 6.26. The van der Waals surface area contributed by atoms with E-state index in [1.165, 1.54) is 9.71 Å². The molecule has 4 rings (SSSR count). The molecular formula is C21H21N3O3S. The van der Waals surface area contributed by atoms with Crippen LogP contribution in [0, 0.1) is 6.92 Å². The van der Waals surface area contributed by atoms with Crippen LogP contribution < -0.4 is 4.74 Å². The minimum absolute atomic E-state index is 0.408. The molecule has 0 N–H and O–H groups in total. The van der Waals surface area contributed by atoms with Gasteiger partial charge in [-0.2, -0.15) is 4.31 Å². The Morgan fingerprint density at radius 3 is 2.43 bits per heavy atom. The minimum atomic E-state index is -3.51. The van der Waals surface area contributed by atoms with E-state index in [-0.39, 0.29) is 0 Å². The van der Waals surface area contributed by atoms with Gasteiger partial charge in [0.25, 0.3) is 0 Å². The van der Waals surface area contributed by atoms with Crippen LogP contribution >= 0.6 is 0 Å². The number of hydrogen-bond acceptors (Lipinski definition) is 4. The second-order valence-electron chi connectivity index (χ2n) is 6.74. The summed E-state index contributed by atoms with van der Waals surface area (Å²) in [4.78, 5) is 4.23. The molecule has 1 aliphatic rings. The second kappa shape index (κ2) is 7.26. The average molecular weight is 395 g/mol. The van der Waals surface area contributed by atoms with Crippen molar-refractivity contribution in [2.24, 2.45) is 0 Å². The summed E-state index contributed by atoms with van der Waals surface area (Å²) in [6.07, 6.45) is 5.23. The van der Waals surface area contributed by atoms with Crippen molar-refractivity contribution in [3.05, 3.63) is 82.8 Å². The number of nitrogens with zero attached hydrogens (tertiary/aromatic N) is 3. The number of hydrogen-bond donors (Lipinski definition) is 0. The van der Waals surface area contributed by atoms with Gasteiger partial charge in [-0.05, 0) is 41.8 Å². The number of ether oxygens (including phenoxy) is 1. The van der Waals surface area contributed by atoms with Gasteiger partial charge in [0.2, 0.25) is 10.0 Å². The summed E-state index contributed by atoms with van der Waals surface area (Å²) in [5.74, 6) is 0.644. The summed E-state index contributed by atoms with van der Waals surface area (Å²) in [7, 11) is -1.92. The summed E-state index contributed by atoms with van der Waals surface area (Å²) in [5, 5.41) is 1.26. The van der Waals surface area contributed by atoms with E-state index in [4.69, 9.17) is 4.74 Å². The minimum Gasteiger partial charge on any atom is -0.495 e. The van der Waals surface area contributed by atoms with Crippen molar-refractivity contribution < 1.29 is 13.2 Å². The van der Waals surface area contributed by atoms with Crippen LogP contribution in [0.2, 0.25) is 0 Å². The molecule has 1 aromatic heterocycles. The molecular weight excluding hydrogens is 374 g/mol. The fourth-order valence-corrected chi connectivity index (χ4v) is 4.44. The second-order valence-corrected chi connectivity index (χ2v) is 8.56. The van der Waals surface area contributed by atoms with Gasteiger partial charge in [-0.3, -0.25) is 0 Å². The Hall–Kier alpha value is -2.90. The Bertz CT molecular complexity index is 1120. The number of fused-ring (bicyclic) bond motifs is 1. The molecule has 2 heterocycles. The number of aromatic nitrogens is 2. The first-order valence-electron chi connectivity index (χ1n) is 8.90. The summed E-state index contributed by atoms with van der Waals surface area (Å²) < 4.78 is 34.3. The lowest BCUT2D eigenvalue weighted by Crippen LogP contribution is -2.23. The largest absolute Gasteiger partial charge is 0.495 e. The molecule has 0 aliphatic carbocycles. The van der Waals surface area contributed by atoms with Crippen molar-refractivity contribution in [2.75, 3.05) is 7.11 Å². The fraction of sp³-hybridized carbons (Fsp3) is 0.190. The number of benzene rings is 2. The van der Waals surface area contributed by atoms with Crippen molar-refractivity contribution >= 4 is 16.1 Å². The molecule has 0 saturated carbocycles. The average Bonchev–Trinajstić information content (AvgIpc) is 3.33. The monoisotopic (exact) mass is 395 g/mol. The quantitative estimate of drug-likeness (QED) is 0.663. The first-order chi connectivity index (χ1) is 13.5. The van der Waals surface area contributed by atoms with E-state index in [9.17, 15) is 8.42 Å². The number of rotatable bonds is 5. The molecule has 144 valence electrons. The van der Waals surface area contributed by atoms with Gasteiger partial charge in [-0.25, -0.2) is 13.4 Å². The van der Waals surface area contributed by atoms with Gasteiger partial charge in [0.1, 0.15) is 5.75 Å². The van der Waals surface area contributed by atoms with Gasteiger partial charge in [0.15, 0.2) is 0 Å². The molecule has 0 radical (unpaired) electrons. The third kappa shape index (κ3) is 3.58. The fourth-order valence-electron chi connectivity index (χ4n) is 3.30. The molecule has 0 unspecified atom stereocenters. The van der Waals surface area contributed by atoms with E-state index in [1.54, 1.807) is 19.5 Å². The maximum Gasteiger partial charge on any atom is 0.236 e. The molecule has 3 aromatic rings. The van der Waals surface area contributed by atoms with Gasteiger partial charge in [0, 0.05) is 24.7 Å². The van der Waals surface area contributed by atoms with Crippen LogP contribution in [0.3, 0.4) is 0 Å². The van der Waals surface area contributed by atoms with E-state index in [0.29, 0.717) is 18.8 Å². The lowest BCUT2D eigenvalue weighted by atomic mass is 10.1. The van der Waals surface area contributed by atoms with Gasteiger partial charge in [0.05, 0.1) is 24.8 Å². The van der Waals surface area contributed by atoms with Gasteiger partial charge >= 0.3 is 0 Å². The smallest absolute Gasteiger partial charge is 0.236 e. The van der Waals surface area contributed by atoms with Crippen LogP contribution in [0.1, 0.15) is 22.4 Å². The van der Waals surface area contributed by atoms with Crippen LogP contribution in [0.4, 0.5) is 0 Å². The molecule has 0 amide bonds. The van der Waals surface area contributed by atoms with Crippen LogP contribution in [-0.4, -0.2) is 29.4 Å². The van der Waals surface area contributed by atoms with E-state index in [0.717, 1.165) is 28.1 Å². The Labute approximate surface area is 164 Å². The molecule has 0 fully saturated rings. The third-order valence-electron chi connectivity index (χ3n) is 4.80. The lowest BCUT2D eigenvalue weighted by Gasteiger charge is -2.12. The van der Waals surface area contributed by atoms with Crippen LogP contribution in [0.15, 0.2) is 60.4 Å². The predicted octanol–water partition coefficient (Wildman–Crippen LogP) is 3.51. The summed E-state index contributed by atoms with van der Waals surface area (Å²) in [5.41, 5.74) is 4.61. The molecule has 7 heteroatoms. The van der Waals surface area contributed by atoms with Gasteiger partial charge < -0.3 is 9.30 Å².